The molecule has 1 fully saturated rings. The van der Waals surface area contributed by atoms with Gasteiger partial charge in [-0.25, -0.2) is 4.68 Å². The average molecular weight is 362 g/mol. The number of nitrogens with zero attached hydrogens (tertiary/aromatic N) is 6. The molecule has 144 valence electrons. The Kier molecular flexibility index (Phi) is 5.90. The Labute approximate surface area is 155 Å². The second-order valence-electron chi connectivity index (χ2n) is 7.73. The third-order valence-corrected chi connectivity index (χ3v) is 5.18. The third-order valence-electron chi connectivity index (χ3n) is 5.18. The van der Waals surface area contributed by atoms with Gasteiger partial charge in [-0.15, -0.1) is 5.10 Å². The van der Waals surface area contributed by atoms with E-state index >= 15 is 0 Å². The summed E-state index contributed by atoms with van der Waals surface area (Å²) in [5.74, 6) is 0.386. The molecule has 3 heterocycles. The summed E-state index contributed by atoms with van der Waals surface area (Å²) in [6.07, 6.45) is 3.53. The summed E-state index contributed by atoms with van der Waals surface area (Å²) >= 11 is 0. The van der Waals surface area contributed by atoms with Crippen LogP contribution in [0.25, 0.3) is 0 Å². The molecule has 0 spiro atoms. The maximum absolute atomic E-state index is 12.9. The van der Waals surface area contributed by atoms with Gasteiger partial charge in [-0.2, -0.15) is 0 Å². The minimum atomic E-state index is -0.351. The summed E-state index contributed by atoms with van der Waals surface area (Å²) in [5.41, 5.74) is 0.899. The molecule has 3 rings (SSSR count). The molecule has 0 aromatic carbocycles. The molecular formula is C18H30N6O2. The molecule has 2 aliphatic rings. The highest BCUT2D eigenvalue weighted by Gasteiger charge is 2.36. The number of piperazine rings is 1. The molecule has 1 aromatic rings. The molecule has 0 N–H and O–H groups in total. The SMILES string of the molecule is CCCN1CCN(C(=O)CN2Cc3cnnn3[C@@H](CC(C)C)C2=O)CC1. The highest BCUT2D eigenvalue weighted by Crippen LogP contribution is 2.26. The van der Waals surface area contributed by atoms with Gasteiger partial charge >= 0.3 is 0 Å². The summed E-state index contributed by atoms with van der Waals surface area (Å²) in [6, 6.07) is -0.351. The fraction of sp³-hybridized carbons (Fsp3) is 0.778. The molecule has 0 radical (unpaired) electrons. The minimum Gasteiger partial charge on any atom is -0.339 e. The lowest BCUT2D eigenvalue weighted by Gasteiger charge is -2.37. The first kappa shape index (κ1) is 18.8. The number of fused-ring (bicyclic) bond motifs is 1. The predicted octanol–water partition coefficient (Wildman–Crippen LogP) is 0.762. The maximum atomic E-state index is 12.9. The smallest absolute Gasteiger partial charge is 0.248 e. The number of carbonyl (C=O) groups is 2. The molecule has 2 amide bonds. The maximum Gasteiger partial charge on any atom is 0.248 e. The van der Waals surface area contributed by atoms with E-state index in [4.69, 9.17) is 0 Å². The van der Waals surface area contributed by atoms with Crippen molar-refractivity contribution in [3.63, 3.8) is 0 Å². The summed E-state index contributed by atoms with van der Waals surface area (Å²) in [5, 5.41) is 8.05. The number of amides is 2. The second kappa shape index (κ2) is 8.16. The van der Waals surface area contributed by atoms with Crippen molar-refractivity contribution in [3.8, 4) is 0 Å². The summed E-state index contributed by atoms with van der Waals surface area (Å²) in [7, 11) is 0. The van der Waals surface area contributed by atoms with E-state index in [-0.39, 0.29) is 24.4 Å². The molecule has 0 aliphatic carbocycles. The lowest BCUT2D eigenvalue weighted by atomic mass is 10.0. The monoisotopic (exact) mass is 362 g/mol. The van der Waals surface area contributed by atoms with Gasteiger partial charge in [-0.3, -0.25) is 14.5 Å². The van der Waals surface area contributed by atoms with Crippen LogP contribution in [-0.2, 0) is 16.1 Å². The van der Waals surface area contributed by atoms with E-state index in [1.807, 2.05) is 4.90 Å². The van der Waals surface area contributed by atoms with Gasteiger partial charge in [0, 0.05) is 26.2 Å². The van der Waals surface area contributed by atoms with Crippen molar-refractivity contribution in [2.24, 2.45) is 5.92 Å². The molecular weight excluding hydrogens is 332 g/mol. The summed E-state index contributed by atoms with van der Waals surface area (Å²) < 4.78 is 1.73. The number of carbonyl (C=O) groups excluding carboxylic acids is 2. The van der Waals surface area contributed by atoms with Gasteiger partial charge in [0.1, 0.15) is 12.6 Å². The Morgan fingerprint density at radius 2 is 2.00 bits per heavy atom. The van der Waals surface area contributed by atoms with Gasteiger partial charge < -0.3 is 9.80 Å². The van der Waals surface area contributed by atoms with E-state index in [1.54, 1.807) is 15.8 Å². The third kappa shape index (κ3) is 4.06. The molecule has 1 atom stereocenters. The molecule has 26 heavy (non-hydrogen) atoms. The second-order valence-corrected chi connectivity index (χ2v) is 7.73. The lowest BCUT2D eigenvalue weighted by molar-refractivity contribution is -0.146. The Balaban J connectivity index is 1.63. The Morgan fingerprint density at radius 3 is 2.65 bits per heavy atom. The van der Waals surface area contributed by atoms with Gasteiger partial charge in [0.2, 0.25) is 11.8 Å². The molecule has 8 heteroatoms. The van der Waals surface area contributed by atoms with Crippen LogP contribution in [0.4, 0.5) is 0 Å². The van der Waals surface area contributed by atoms with Gasteiger partial charge in [0.25, 0.3) is 0 Å². The topological polar surface area (TPSA) is 74.6 Å². The molecule has 0 unspecified atom stereocenters. The first-order chi connectivity index (χ1) is 12.5. The number of rotatable bonds is 6. The van der Waals surface area contributed by atoms with Crippen LogP contribution in [0.15, 0.2) is 6.20 Å². The largest absolute Gasteiger partial charge is 0.339 e. The van der Waals surface area contributed by atoms with Gasteiger partial charge in [0.05, 0.1) is 18.4 Å². The predicted molar refractivity (Wildman–Crippen MR) is 97.2 cm³/mol. The van der Waals surface area contributed by atoms with Crippen molar-refractivity contribution in [1.82, 2.24) is 29.7 Å². The fourth-order valence-electron chi connectivity index (χ4n) is 3.81. The first-order valence-corrected chi connectivity index (χ1v) is 9.67. The number of hydrogen-bond acceptors (Lipinski definition) is 5. The first-order valence-electron chi connectivity index (χ1n) is 9.67. The number of hydrogen-bond donors (Lipinski definition) is 0. The standard InChI is InChI=1S/C18H30N6O2/c1-4-5-21-6-8-22(9-7-21)17(25)13-23-12-15-11-19-20-24(15)16(18(23)26)10-14(2)3/h11,14,16H,4-10,12-13H2,1-3H3/t16-/m0/s1. The van der Waals surface area contributed by atoms with Crippen LogP contribution < -0.4 is 0 Å². The zero-order chi connectivity index (χ0) is 18.7. The van der Waals surface area contributed by atoms with Crippen LogP contribution in [0.1, 0.15) is 45.3 Å². The van der Waals surface area contributed by atoms with E-state index in [0.717, 1.165) is 44.8 Å². The quantitative estimate of drug-likeness (QED) is 0.747. The highest BCUT2D eigenvalue weighted by molar-refractivity contribution is 5.87. The normalized spacial score (nSPS) is 21.4. The zero-order valence-corrected chi connectivity index (χ0v) is 16.1. The van der Waals surface area contributed by atoms with Crippen LogP contribution in [0.2, 0.25) is 0 Å². The van der Waals surface area contributed by atoms with Crippen LogP contribution in [-0.4, -0.2) is 80.8 Å². The van der Waals surface area contributed by atoms with Crippen molar-refractivity contribution < 1.29 is 9.59 Å². The van der Waals surface area contributed by atoms with Crippen molar-refractivity contribution in [1.29, 1.82) is 0 Å². The Hall–Kier alpha value is -1.96. The lowest BCUT2D eigenvalue weighted by Crippen LogP contribution is -2.53. The molecule has 2 aliphatic heterocycles. The molecule has 1 saturated heterocycles. The van der Waals surface area contributed by atoms with Crippen molar-refractivity contribution in [2.75, 3.05) is 39.3 Å². The van der Waals surface area contributed by atoms with Crippen LogP contribution in [0, 0.1) is 5.92 Å². The average Bonchev–Trinajstić information content (AvgIpc) is 3.07. The minimum absolute atomic E-state index is 0.0188. The van der Waals surface area contributed by atoms with E-state index in [0.29, 0.717) is 18.9 Å². The van der Waals surface area contributed by atoms with E-state index in [2.05, 4.69) is 36.0 Å². The Morgan fingerprint density at radius 1 is 1.27 bits per heavy atom. The fourth-order valence-corrected chi connectivity index (χ4v) is 3.81. The van der Waals surface area contributed by atoms with E-state index in [9.17, 15) is 9.59 Å². The van der Waals surface area contributed by atoms with Crippen LogP contribution in [0.3, 0.4) is 0 Å². The van der Waals surface area contributed by atoms with Gasteiger partial charge in [-0.1, -0.05) is 26.0 Å². The van der Waals surface area contributed by atoms with Crippen molar-refractivity contribution >= 4 is 11.8 Å². The molecule has 8 nitrogen and oxygen atoms in total. The number of aromatic nitrogens is 3. The van der Waals surface area contributed by atoms with E-state index < -0.39 is 0 Å². The van der Waals surface area contributed by atoms with Gasteiger partial charge in [0.15, 0.2) is 0 Å². The molecule has 0 bridgehead atoms. The zero-order valence-electron chi connectivity index (χ0n) is 16.1. The van der Waals surface area contributed by atoms with Crippen molar-refractivity contribution in [3.05, 3.63) is 11.9 Å². The summed E-state index contributed by atoms with van der Waals surface area (Å²) in [4.78, 5) is 31.6. The molecule has 0 saturated carbocycles. The Bertz CT molecular complexity index is 635. The highest BCUT2D eigenvalue weighted by atomic mass is 16.2. The molecule has 1 aromatic heterocycles. The van der Waals surface area contributed by atoms with Crippen molar-refractivity contribution in [2.45, 2.75) is 46.2 Å². The summed E-state index contributed by atoms with van der Waals surface area (Å²) in [6.45, 7) is 11.3. The van der Waals surface area contributed by atoms with Gasteiger partial charge in [-0.05, 0) is 25.3 Å². The van der Waals surface area contributed by atoms with E-state index in [1.165, 1.54) is 0 Å². The van der Waals surface area contributed by atoms with Crippen LogP contribution >= 0.6 is 0 Å². The van der Waals surface area contributed by atoms with Crippen LogP contribution in [0.5, 0.6) is 0 Å².